The number of nitrogens with zero attached hydrogens (tertiary/aromatic N) is 1. The number of carbonyl (C=O) groups excluding carboxylic acids is 1. The molecule has 0 atom stereocenters. The molecule has 0 saturated carbocycles. The van der Waals surface area contributed by atoms with E-state index in [4.69, 9.17) is 10.00 Å². The fourth-order valence-electron chi connectivity index (χ4n) is 1.68. The van der Waals surface area contributed by atoms with Gasteiger partial charge in [-0.1, -0.05) is 22.9 Å². The van der Waals surface area contributed by atoms with Crippen LogP contribution in [0.15, 0.2) is 16.6 Å². The highest BCUT2D eigenvalue weighted by molar-refractivity contribution is 9.10. The van der Waals surface area contributed by atoms with Crippen molar-refractivity contribution in [1.82, 2.24) is 0 Å². The third kappa shape index (κ3) is 3.57. The molecule has 0 spiro atoms. The number of nitriles is 1. The van der Waals surface area contributed by atoms with Crippen LogP contribution in [0.3, 0.4) is 0 Å². The molecule has 0 heterocycles. The summed E-state index contributed by atoms with van der Waals surface area (Å²) in [6.07, 6.45) is 1.02. The van der Waals surface area contributed by atoms with Gasteiger partial charge >= 0.3 is 5.97 Å². The molecule has 0 fully saturated rings. The minimum absolute atomic E-state index is 0.213. The van der Waals surface area contributed by atoms with Crippen molar-refractivity contribution < 1.29 is 9.53 Å². The van der Waals surface area contributed by atoms with Gasteiger partial charge in [-0.3, -0.25) is 4.79 Å². The molecule has 0 saturated heterocycles. The Morgan fingerprint density at radius 2 is 2.18 bits per heavy atom. The lowest BCUT2D eigenvalue weighted by atomic mass is 10.00. The standard InChI is InChI=1S/C13H14BrNO2/c1-3-11-10(7-13(16)17-4-2)5-9(8-15)6-12(11)14/h5-6H,3-4,7H2,1-2H3. The Morgan fingerprint density at radius 1 is 1.47 bits per heavy atom. The number of carbonyl (C=O) groups is 1. The Hall–Kier alpha value is -1.34. The highest BCUT2D eigenvalue weighted by Crippen LogP contribution is 2.24. The predicted molar refractivity (Wildman–Crippen MR) is 68.6 cm³/mol. The van der Waals surface area contributed by atoms with Gasteiger partial charge in [-0.05, 0) is 36.6 Å². The number of benzene rings is 1. The second-order valence-corrected chi connectivity index (χ2v) is 4.40. The molecule has 3 nitrogen and oxygen atoms in total. The van der Waals surface area contributed by atoms with Gasteiger partial charge in [-0.2, -0.15) is 5.26 Å². The number of rotatable bonds is 4. The maximum Gasteiger partial charge on any atom is 0.310 e. The van der Waals surface area contributed by atoms with Crippen LogP contribution in [-0.2, 0) is 22.4 Å². The molecule has 1 rings (SSSR count). The summed E-state index contributed by atoms with van der Waals surface area (Å²) in [5, 5.41) is 8.90. The SMILES string of the molecule is CCOC(=O)Cc1cc(C#N)cc(Br)c1CC. The van der Waals surface area contributed by atoms with Gasteiger partial charge in [0.25, 0.3) is 0 Å². The highest BCUT2D eigenvalue weighted by atomic mass is 79.9. The van der Waals surface area contributed by atoms with E-state index in [9.17, 15) is 4.79 Å². The van der Waals surface area contributed by atoms with E-state index in [0.717, 1.165) is 22.0 Å². The first-order valence-corrected chi connectivity index (χ1v) is 6.28. The summed E-state index contributed by atoms with van der Waals surface area (Å²) in [4.78, 5) is 11.5. The Balaban J connectivity index is 3.08. The summed E-state index contributed by atoms with van der Waals surface area (Å²) >= 11 is 3.42. The summed E-state index contributed by atoms with van der Waals surface area (Å²) in [5.41, 5.74) is 2.46. The van der Waals surface area contributed by atoms with Crippen LogP contribution in [-0.4, -0.2) is 12.6 Å². The fraction of sp³-hybridized carbons (Fsp3) is 0.385. The van der Waals surface area contributed by atoms with Crippen molar-refractivity contribution in [2.24, 2.45) is 0 Å². The lowest BCUT2D eigenvalue weighted by Crippen LogP contribution is -2.09. The van der Waals surface area contributed by atoms with Crippen LogP contribution in [0.4, 0.5) is 0 Å². The van der Waals surface area contributed by atoms with Crippen molar-refractivity contribution in [2.75, 3.05) is 6.61 Å². The van der Waals surface area contributed by atoms with Gasteiger partial charge in [0.15, 0.2) is 0 Å². The summed E-state index contributed by atoms with van der Waals surface area (Å²) < 4.78 is 5.80. The van der Waals surface area contributed by atoms with E-state index in [1.54, 1.807) is 19.1 Å². The smallest absolute Gasteiger partial charge is 0.310 e. The largest absolute Gasteiger partial charge is 0.466 e. The van der Waals surface area contributed by atoms with Gasteiger partial charge in [0, 0.05) is 4.47 Å². The van der Waals surface area contributed by atoms with Crippen LogP contribution in [0.25, 0.3) is 0 Å². The predicted octanol–water partition coefficient (Wildman–Crippen LogP) is 2.99. The average molecular weight is 296 g/mol. The zero-order valence-corrected chi connectivity index (χ0v) is 11.5. The molecule has 0 bridgehead atoms. The van der Waals surface area contributed by atoms with Crippen LogP contribution in [0.5, 0.6) is 0 Å². The quantitative estimate of drug-likeness (QED) is 0.803. The molecule has 90 valence electrons. The molecular weight excluding hydrogens is 282 g/mol. The van der Waals surface area contributed by atoms with Crippen LogP contribution < -0.4 is 0 Å². The monoisotopic (exact) mass is 295 g/mol. The maximum absolute atomic E-state index is 11.5. The van der Waals surface area contributed by atoms with Gasteiger partial charge in [0.1, 0.15) is 0 Å². The Kier molecular flexibility index (Phi) is 5.17. The van der Waals surface area contributed by atoms with Crippen molar-refractivity contribution in [3.63, 3.8) is 0 Å². The zero-order valence-electron chi connectivity index (χ0n) is 9.92. The molecule has 0 unspecified atom stereocenters. The molecule has 4 heteroatoms. The first-order chi connectivity index (χ1) is 8.12. The van der Waals surface area contributed by atoms with E-state index in [-0.39, 0.29) is 12.4 Å². The van der Waals surface area contributed by atoms with Crippen molar-refractivity contribution >= 4 is 21.9 Å². The first kappa shape index (κ1) is 13.7. The normalized spacial score (nSPS) is 9.76. The minimum Gasteiger partial charge on any atom is -0.466 e. The molecule has 0 aliphatic rings. The third-order valence-electron chi connectivity index (χ3n) is 2.41. The van der Waals surface area contributed by atoms with Crippen LogP contribution >= 0.6 is 15.9 Å². The number of halogens is 1. The van der Waals surface area contributed by atoms with E-state index >= 15 is 0 Å². The molecule has 1 aromatic rings. The van der Waals surface area contributed by atoms with Gasteiger partial charge < -0.3 is 4.74 Å². The Bertz CT molecular complexity index is 463. The summed E-state index contributed by atoms with van der Waals surface area (Å²) in [5.74, 6) is -0.260. The number of hydrogen-bond donors (Lipinski definition) is 0. The van der Waals surface area contributed by atoms with Crippen LogP contribution in [0, 0.1) is 11.3 Å². The molecule has 0 radical (unpaired) electrons. The lowest BCUT2D eigenvalue weighted by molar-refractivity contribution is -0.142. The summed E-state index contributed by atoms with van der Waals surface area (Å²) in [7, 11) is 0. The van der Waals surface area contributed by atoms with E-state index in [1.807, 2.05) is 6.92 Å². The van der Waals surface area contributed by atoms with E-state index in [2.05, 4.69) is 22.0 Å². The highest BCUT2D eigenvalue weighted by Gasteiger charge is 2.12. The van der Waals surface area contributed by atoms with E-state index in [0.29, 0.717) is 12.2 Å². The second-order valence-electron chi connectivity index (χ2n) is 3.54. The molecule has 1 aromatic carbocycles. The number of esters is 1. The van der Waals surface area contributed by atoms with E-state index < -0.39 is 0 Å². The third-order valence-corrected chi connectivity index (χ3v) is 3.12. The number of ether oxygens (including phenoxy) is 1. The molecule has 0 aromatic heterocycles. The van der Waals surface area contributed by atoms with Crippen LogP contribution in [0.2, 0.25) is 0 Å². The zero-order chi connectivity index (χ0) is 12.8. The fourth-order valence-corrected chi connectivity index (χ4v) is 2.46. The molecular formula is C13H14BrNO2. The molecule has 0 amide bonds. The maximum atomic E-state index is 11.5. The van der Waals surface area contributed by atoms with Gasteiger partial charge in [0.05, 0.1) is 24.7 Å². The van der Waals surface area contributed by atoms with Crippen molar-refractivity contribution in [1.29, 1.82) is 5.26 Å². The summed E-state index contributed by atoms with van der Waals surface area (Å²) in [6.45, 7) is 4.17. The Morgan fingerprint density at radius 3 is 2.71 bits per heavy atom. The lowest BCUT2D eigenvalue weighted by Gasteiger charge is -2.10. The van der Waals surface area contributed by atoms with Crippen molar-refractivity contribution in [2.45, 2.75) is 26.7 Å². The second kappa shape index (κ2) is 6.41. The Labute approximate surface area is 110 Å². The topological polar surface area (TPSA) is 50.1 Å². The van der Waals surface area contributed by atoms with Gasteiger partial charge in [-0.15, -0.1) is 0 Å². The number of hydrogen-bond acceptors (Lipinski definition) is 3. The molecule has 0 aliphatic carbocycles. The average Bonchev–Trinajstić information content (AvgIpc) is 2.28. The van der Waals surface area contributed by atoms with Crippen LogP contribution in [0.1, 0.15) is 30.5 Å². The van der Waals surface area contributed by atoms with E-state index in [1.165, 1.54) is 0 Å². The van der Waals surface area contributed by atoms with Gasteiger partial charge in [-0.25, -0.2) is 0 Å². The van der Waals surface area contributed by atoms with Crippen molar-refractivity contribution in [3.05, 3.63) is 33.3 Å². The first-order valence-electron chi connectivity index (χ1n) is 5.49. The summed E-state index contributed by atoms with van der Waals surface area (Å²) in [6, 6.07) is 5.60. The van der Waals surface area contributed by atoms with Crippen molar-refractivity contribution in [3.8, 4) is 6.07 Å². The minimum atomic E-state index is -0.260. The molecule has 0 N–H and O–H groups in total. The van der Waals surface area contributed by atoms with Gasteiger partial charge in [0.2, 0.25) is 0 Å². The molecule has 17 heavy (non-hydrogen) atoms. The molecule has 0 aliphatic heterocycles.